The molecule has 1 aromatic carbocycles. The van der Waals surface area contributed by atoms with Gasteiger partial charge in [0.05, 0.1) is 11.6 Å². The normalized spacial score (nSPS) is 26.7. The van der Waals surface area contributed by atoms with Gasteiger partial charge in [-0.1, -0.05) is 17.2 Å². The number of rotatable bonds is 1. The second-order valence-corrected chi connectivity index (χ2v) is 6.41. The summed E-state index contributed by atoms with van der Waals surface area (Å²) in [4.78, 5) is 14.9. The van der Waals surface area contributed by atoms with Crippen molar-refractivity contribution < 1.29 is 4.79 Å². The first-order valence-corrected chi connectivity index (χ1v) is 7.79. The van der Waals surface area contributed by atoms with Gasteiger partial charge >= 0.3 is 0 Å². The fourth-order valence-electron chi connectivity index (χ4n) is 3.92. The van der Waals surface area contributed by atoms with E-state index in [0.717, 1.165) is 25.7 Å². The second-order valence-electron chi connectivity index (χ2n) is 6.41. The monoisotopic (exact) mass is 278 g/mol. The van der Waals surface area contributed by atoms with E-state index >= 15 is 0 Å². The number of fused-ring (bicyclic) bond motifs is 2. The Hall–Kier alpha value is -2.08. The zero-order valence-electron chi connectivity index (χ0n) is 12.0. The Bertz CT molecular complexity index is 661. The van der Waals surface area contributed by atoms with Gasteiger partial charge in [0.15, 0.2) is 0 Å². The molecule has 1 amide bonds. The van der Waals surface area contributed by atoms with Gasteiger partial charge in [0.25, 0.3) is 5.91 Å². The van der Waals surface area contributed by atoms with E-state index in [-0.39, 0.29) is 5.91 Å². The summed E-state index contributed by atoms with van der Waals surface area (Å²) in [7, 11) is 0. The van der Waals surface area contributed by atoms with E-state index in [4.69, 9.17) is 5.26 Å². The van der Waals surface area contributed by atoms with E-state index in [1.54, 1.807) is 29.3 Å². The zero-order valence-corrected chi connectivity index (χ0v) is 12.0. The molecule has 0 radical (unpaired) electrons. The second kappa shape index (κ2) is 4.73. The summed E-state index contributed by atoms with van der Waals surface area (Å²) in [6.07, 6.45) is 6.99. The van der Waals surface area contributed by atoms with Crippen molar-refractivity contribution >= 4 is 5.91 Å². The standard InChI is InChI=1S/C18H18N2O/c19-11-12-2-1-3-14(8-12)18(21)20-16-6-7-17(20)10-15(9-16)13-4-5-13/h1-3,8,16-17H,4-7,9-10H2. The Morgan fingerprint density at radius 3 is 2.48 bits per heavy atom. The fourth-order valence-corrected chi connectivity index (χ4v) is 3.92. The maximum Gasteiger partial charge on any atom is 0.254 e. The molecule has 106 valence electrons. The third-order valence-corrected chi connectivity index (χ3v) is 5.06. The minimum atomic E-state index is 0.111. The molecule has 21 heavy (non-hydrogen) atoms. The summed E-state index contributed by atoms with van der Waals surface area (Å²) in [5, 5.41) is 8.99. The first kappa shape index (κ1) is 12.6. The van der Waals surface area contributed by atoms with Crippen molar-refractivity contribution in [1.82, 2.24) is 4.90 Å². The molecule has 3 heteroatoms. The SMILES string of the molecule is N#Cc1cccc(C(=O)N2C3CCC2CC(=C2CC2)C3)c1. The molecule has 2 aliphatic heterocycles. The molecule has 0 aromatic heterocycles. The molecule has 2 bridgehead atoms. The van der Waals surface area contributed by atoms with Crippen LogP contribution in [0.4, 0.5) is 0 Å². The summed E-state index contributed by atoms with van der Waals surface area (Å²) >= 11 is 0. The number of amides is 1. The molecule has 1 aromatic rings. The number of nitriles is 1. The maximum atomic E-state index is 12.8. The lowest BCUT2D eigenvalue weighted by atomic mass is 9.95. The van der Waals surface area contributed by atoms with Crippen LogP contribution in [0.5, 0.6) is 0 Å². The number of piperidine rings is 1. The average Bonchev–Trinajstić information content (AvgIpc) is 3.32. The molecule has 1 saturated carbocycles. The highest BCUT2D eigenvalue weighted by Crippen LogP contribution is 2.45. The van der Waals surface area contributed by atoms with E-state index < -0.39 is 0 Å². The van der Waals surface area contributed by atoms with Crippen LogP contribution >= 0.6 is 0 Å². The molecule has 3 aliphatic rings. The molecule has 0 N–H and O–H groups in total. The van der Waals surface area contributed by atoms with E-state index in [1.165, 1.54) is 12.8 Å². The predicted octanol–water partition coefficient (Wildman–Crippen LogP) is 3.42. The van der Waals surface area contributed by atoms with Crippen LogP contribution in [0.25, 0.3) is 0 Å². The van der Waals surface area contributed by atoms with Gasteiger partial charge in [-0.15, -0.1) is 0 Å². The average molecular weight is 278 g/mol. The van der Waals surface area contributed by atoms with Crippen LogP contribution < -0.4 is 0 Å². The highest BCUT2D eigenvalue weighted by atomic mass is 16.2. The van der Waals surface area contributed by atoms with Gasteiger partial charge in [0.1, 0.15) is 0 Å². The van der Waals surface area contributed by atoms with Crippen molar-refractivity contribution in [2.24, 2.45) is 0 Å². The van der Waals surface area contributed by atoms with Gasteiger partial charge < -0.3 is 4.90 Å². The molecule has 2 unspecified atom stereocenters. The molecule has 3 nitrogen and oxygen atoms in total. The lowest BCUT2D eigenvalue weighted by molar-refractivity contribution is 0.0634. The van der Waals surface area contributed by atoms with Gasteiger partial charge in [-0.3, -0.25) is 4.79 Å². The molecular formula is C18H18N2O. The van der Waals surface area contributed by atoms with Crippen LogP contribution in [0.2, 0.25) is 0 Å². The van der Waals surface area contributed by atoms with Crippen molar-refractivity contribution in [2.75, 3.05) is 0 Å². The van der Waals surface area contributed by atoms with E-state index in [0.29, 0.717) is 23.2 Å². The Labute approximate surface area is 124 Å². The minimum Gasteiger partial charge on any atom is -0.332 e. The van der Waals surface area contributed by atoms with Crippen molar-refractivity contribution in [3.05, 3.63) is 46.5 Å². The third-order valence-electron chi connectivity index (χ3n) is 5.06. The Morgan fingerprint density at radius 2 is 1.86 bits per heavy atom. The Kier molecular flexibility index (Phi) is 2.85. The van der Waals surface area contributed by atoms with Crippen LogP contribution in [0.1, 0.15) is 54.4 Å². The van der Waals surface area contributed by atoms with Crippen LogP contribution in [-0.4, -0.2) is 22.9 Å². The van der Waals surface area contributed by atoms with Crippen LogP contribution in [0.15, 0.2) is 35.4 Å². The fraction of sp³-hybridized carbons (Fsp3) is 0.444. The number of allylic oxidation sites excluding steroid dienone is 1. The largest absolute Gasteiger partial charge is 0.332 e. The number of carbonyl (C=O) groups excluding carboxylic acids is 1. The van der Waals surface area contributed by atoms with Crippen LogP contribution in [-0.2, 0) is 0 Å². The van der Waals surface area contributed by atoms with Gasteiger partial charge in [-0.05, 0) is 56.7 Å². The van der Waals surface area contributed by atoms with Gasteiger partial charge in [0.2, 0.25) is 0 Å². The van der Waals surface area contributed by atoms with E-state index in [9.17, 15) is 4.79 Å². The minimum absolute atomic E-state index is 0.111. The van der Waals surface area contributed by atoms with Crippen LogP contribution in [0, 0.1) is 11.3 Å². The molecule has 3 fully saturated rings. The Balaban J connectivity index is 1.61. The molecule has 2 saturated heterocycles. The summed E-state index contributed by atoms with van der Waals surface area (Å²) < 4.78 is 0. The van der Waals surface area contributed by atoms with Crippen molar-refractivity contribution in [3.63, 3.8) is 0 Å². The summed E-state index contributed by atoms with van der Waals surface area (Å²) in [5.41, 5.74) is 4.52. The highest BCUT2D eigenvalue weighted by molar-refractivity contribution is 5.95. The first-order chi connectivity index (χ1) is 10.3. The molecular weight excluding hydrogens is 260 g/mol. The number of hydrogen-bond donors (Lipinski definition) is 0. The van der Waals surface area contributed by atoms with Crippen molar-refractivity contribution in [3.8, 4) is 6.07 Å². The summed E-state index contributed by atoms with van der Waals surface area (Å²) in [5.74, 6) is 0.111. The lowest BCUT2D eigenvalue weighted by Gasteiger charge is -2.36. The van der Waals surface area contributed by atoms with E-state index in [1.807, 2.05) is 6.07 Å². The summed E-state index contributed by atoms with van der Waals surface area (Å²) in [6.45, 7) is 0. The lowest BCUT2D eigenvalue weighted by Crippen LogP contribution is -2.44. The quantitative estimate of drug-likeness (QED) is 0.739. The van der Waals surface area contributed by atoms with Crippen molar-refractivity contribution in [2.45, 2.75) is 50.6 Å². The number of nitrogens with zero attached hydrogens (tertiary/aromatic N) is 2. The van der Waals surface area contributed by atoms with Gasteiger partial charge in [0, 0.05) is 17.6 Å². The topological polar surface area (TPSA) is 44.1 Å². The molecule has 4 rings (SSSR count). The third kappa shape index (κ3) is 2.15. The predicted molar refractivity (Wildman–Crippen MR) is 79.6 cm³/mol. The highest BCUT2D eigenvalue weighted by Gasteiger charge is 2.42. The first-order valence-electron chi connectivity index (χ1n) is 7.79. The van der Waals surface area contributed by atoms with Gasteiger partial charge in [-0.25, -0.2) is 0 Å². The van der Waals surface area contributed by atoms with Crippen molar-refractivity contribution in [1.29, 1.82) is 5.26 Å². The van der Waals surface area contributed by atoms with E-state index in [2.05, 4.69) is 11.0 Å². The summed E-state index contributed by atoms with van der Waals surface area (Å²) in [6, 6.07) is 9.97. The van der Waals surface area contributed by atoms with Crippen LogP contribution in [0.3, 0.4) is 0 Å². The van der Waals surface area contributed by atoms with Gasteiger partial charge in [-0.2, -0.15) is 5.26 Å². The number of carbonyl (C=O) groups is 1. The number of hydrogen-bond acceptors (Lipinski definition) is 2. The smallest absolute Gasteiger partial charge is 0.254 e. The molecule has 1 aliphatic carbocycles. The molecule has 2 atom stereocenters. The maximum absolute atomic E-state index is 12.8. The number of benzene rings is 1. The molecule has 0 spiro atoms. The zero-order chi connectivity index (χ0) is 14.4. The molecule has 2 heterocycles. The Morgan fingerprint density at radius 1 is 1.14 bits per heavy atom.